The maximum absolute atomic E-state index is 12.6. The zero-order valence-corrected chi connectivity index (χ0v) is 14.9. The molecule has 2 rings (SSSR count). The van der Waals surface area contributed by atoms with Crippen LogP contribution in [0.4, 0.5) is 0 Å². The second kappa shape index (κ2) is 8.95. The summed E-state index contributed by atoms with van der Waals surface area (Å²) in [6, 6.07) is 6.41. The van der Waals surface area contributed by atoms with Crippen LogP contribution >= 0.6 is 0 Å². The van der Waals surface area contributed by atoms with Crippen LogP contribution in [-0.4, -0.2) is 18.1 Å². The van der Waals surface area contributed by atoms with Gasteiger partial charge in [0.15, 0.2) is 6.10 Å². The van der Waals surface area contributed by atoms with Gasteiger partial charge in [-0.2, -0.15) is 0 Å². The van der Waals surface area contributed by atoms with Crippen LogP contribution in [0.3, 0.4) is 0 Å². The Balaban J connectivity index is 1.94. The first-order valence-corrected chi connectivity index (χ1v) is 9.14. The van der Waals surface area contributed by atoms with E-state index >= 15 is 0 Å². The molecular formula is C20H31NO2. The topological polar surface area (TPSA) is 38.3 Å². The van der Waals surface area contributed by atoms with E-state index in [4.69, 9.17) is 4.74 Å². The van der Waals surface area contributed by atoms with Crippen molar-refractivity contribution in [2.45, 2.75) is 84.3 Å². The van der Waals surface area contributed by atoms with Crippen LogP contribution in [0.1, 0.15) is 69.4 Å². The van der Waals surface area contributed by atoms with Crippen molar-refractivity contribution in [2.24, 2.45) is 0 Å². The third-order valence-electron chi connectivity index (χ3n) is 4.71. The van der Waals surface area contributed by atoms with Gasteiger partial charge in [-0.25, -0.2) is 0 Å². The Morgan fingerprint density at radius 2 is 1.83 bits per heavy atom. The van der Waals surface area contributed by atoms with Crippen LogP contribution < -0.4 is 10.1 Å². The molecule has 1 aromatic carbocycles. The smallest absolute Gasteiger partial charge is 0.261 e. The lowest BCUT2D eigenvalue weighted by Gasteiger charge is -2.24. The molecule has 0 radical (unpaired) electrons. The minimum absolute atomic E-state index is 0.0399. The fraction of sp³-hybridized carbons (Fsp3) is 0.650. The molecule has 0 aromatic heterocycles. The fourth-order valence-electron chi connectivity index (χ4n) is 3.30. The number of hydrogen-bond donors (Lipinski definition) is 1. The minimum Gasteiger partial charge on any atom is -0.480 e. The average molecular weight is 317 g/mol. The molecule has 0 spiro atoms. The summed E-state index contributed by atoms with van der Waals surface area (Å²) in [5.41, 5.74) is 2.30. The number of hydrogen-bond acceptors (Lipinski definition) is 2. The molecule has 3 heteroatoms. The molecule has 1 aliphatic rings. The van der Waals surface area contributed by atoms with Gasteiger partial charge in [0.1, 0.15) is 5.75 Å². The summed E-state index contributed by atoms with van der Waals surface area (Å²) in [6.45, 7) is 6.10. The zero-order chi connectivity index (χ0) is 16.7. The molecule has 0 saturated heterocycles. The molecule has 23 heavy (non-hydrogen) atoms. The zero-order valence-electron chi connectivity index (χ0n) is 14.9. The van der Waals surface area contributed by atoms with E-state index in [1.807, 2.05) is 26.0 Å². The van der Waals surface area contributed by atoms with Gasteiger partial charge in [-0.15, -0.1) is 0 Å². The van der Waals surface area contributed by atoms with Crippen molar-refractivity contribution in [1.29, 1.82) is 0 Å². The molecule has 3 nitrogen and oxygen atoms in total. The van der Waals surface area contributed by atoms with Crippen molar-refractivity contribution >= 4 is 5.91 Å². The lowest BCUT2D eigenvalue weighted by atomic mass is 9.96. The lowest BCUT2D eigenvalue weighted by Crippen LogP contribution is -2.43. The van der Waals surface area contributed by atoms with Crippen LogP contribution in [0.5, 0.6) is 5.75 Å². The third kappa shape index (κ3) is 5.56. The maximum Gasteiger partial charge on any atom is 0.261 e. The molecule has 0 heterocycles. The lowest BCUT2D eigenvalue weighted by molar-refractivity contribution is -0.129. The number of rotatable bonds is 5. The van der Waals surface area contributed by atoms with Gasteiger partial charge in [-0.3, -0.25) is 4.79 Å². The molecule has 1 aromatic rings. The summed E-state index contributed by atoms with van der Waals surface area (Å²) in [7, 11) is 0. The fourth-order valence-corrected chi connectivity index (χ4v) is 3.30. The second-order valence-corrected chi connectivity index (χ2v) is 6.83. The first-order chi connectivity index (χ1) is 11.1. The van der Waals surface area contributed by atoms with Gasteiger partial charge >= 0.3 is 0 Å². The summed E-state index contributed by atoms with van der Waals surface area (Å²) in [5.74, 6) is 0.855. The van der Waals surface area contributed by atoms with Crippen molar-refractivity contribution in [3.63, 3.8) is 0 Å². The van der Waals surface area contributed by atoms with Crippen LogP contribution in [0, 0.1) is 13.8 Å². The van der Waals surface area contributed by atoms with E-state index in [9.17, 15) is 4.79 Å². The molecule has 1 fully saturated rings. The van der Waals surface area contributed by atoms with Gasteiger partial charge in [0, 0.05) is 6.04 Å². The molecule has 1 saturated carbocycles. The monoisotopic (exact) mass is 317 g/mol. The van der Waals surface area contributed by atoms with E-state index in [2.05, 4.69) is 18.3 Å². The Labute approximate surface area is 140 Å². The van der Waals surface area contributed by atoms with Crippen LogP contribution in [0.2, 0.25) is 0 Å². The number of nitrogens with one attached hydrogen (secondary N) is 1. The Bertz CT molecular complexity index is 504. The highest BCUT2D eigenvalue weighted by molar-refractivity contribution is 5.81. The molecule has 0 bridgehead atoms. The molecule has 0 aliphatic heterocycles. The molecule has 1 N–H and O–H groups in total. The summed E-state index contributed by atoms with van der Waals surface area (Å²) < 4.78 is 6.00. The minimum atomic E-state index is -0.401. The number of carbonyl (C=O) groups is 1. The predicted octanol–water partition coefficient (Wildman–Crippen LogP) is 4.69. The largest absolute Gasteiger partial charge is 0.480 e. The summed E-state index contributed by atoms with van der Waals surface area (Å²) in [4.78, 5) is 12.6. The quantitative estimate of drug-likeness (QED) is 0.855. The van der Waals surface area contributed by atoms with E-state index in [1.54, 1.807) is 0 Å². The number of carbonyl (C=O) groups excluding carboxylic acids is 1. The van der Waals surface area contributed by atoms with Crippen molar-refractivity contribution in [3.8, 4) is 5.75 Å². The average Bonchev–Trinajstić information content (AvgIpc) is 2.49. The van der Waals surface area contributed by atoms with Crippen LogP contribution in [0.25, 0.3) is 0 Å². The number of aryl methyl sites for hydroxylation is 2. The predicted molar refractivity (Wildman–Crippen MR) is 94.9 cm³/mol. The molecule has 1 amide bonds. The molecule has 1 aliphatic carbocycles. The normalized spacial score (nSPS) is 17.9. The Morgan fingerprint density at radius 1 is 1.17 bits per heavy atom. The molecule has 1 unspecified atom stereocenters. The first-order valence-electron chi connectivity index (χ1n) is 9.14. The standard InChI is InChI=1S/C20H31NO2/c1-4-18(23-19-13-12-15(2)14-16(19)3)20(22)21-17-10-8-6-5-7-9-11-17/h12-14,17-18H,4-11H2,1-3H3,(H,21,22). The summed E-state index contributed by atoms with van der Waals surface area (Å²) in [6.07, 6.45) is 8.86. The van der Waals surface area contributed by atoms with Crippen molar-refractivity contribution in [2.75, 3.05) is 0 Å². The summed E-state index contributed by atoms with van der Waals surface area (Å²) >= 11 is 0. The Kier molecular flexibility index (Phi) is 6.94. The van der Waals surface area contributed by atoms with Gasteiger partial charge < -0.3 is 10.1 Å². The number of amides is 1. The maximum atomic E-state index is 12.6. The van der Waals surface area contributed by atoms with Gasteiger partial charge in [0.2, 0.25) is 0 Å². The SMILES string of the molecule is CCC(Oc1ccc(C)cc1C)C(=O)NC1CCCCCCC1. The van der Waals surface area contributed by atoms with E-state index in [1.165, 1.54) is 37.7 Å². The number of ether oxygens (including phenoxy) is 1. The molecule has 1 atom stereocenters. The van der Waals surface area contributed by atoms with E-state index in [-0.39, 0.29) is 5.91 Å². The van der Waals surface area contributed by atoms with Gasteiger partial charge in [0.05, 0.1) is 0 Å². The van der Waals surface area contributed by atoms with Gasteiger partial charge in [0.25, 0.3) is 5.91 Å². The van der Waals surface area contributed by atoms with Crippen molar-refractivity contribution in [3.05, 3.63) is 29.3 Å². The highest BCUT2D eigenvalue weighted by Crippen LogP contribution is 2.22. The van der Waals surface area contributed by atoms with E-state index < -0.39 is 6.10 Å². The Hall–Kier alpha value is -1.51. The Morgan fingerprint density at radius 3 is 2.43 bits per heavy atom. The molecule has 128 valence electrons. The second-order valence-electron chi connectivity index (χ2n) is 6.83. The highest BCUT2D eigenvalue weighted by atomic mass is 16.5. The van der Waals surface area contributed by atoms with E-state index in [0.717, 1.165) is 24.2 Å². The van der Waals surface area contributed by atoms with E-state index in [0.29, 0.717) is 12.5 Å². The van der Waals surface area contributed by atoms with Crippen molar-refractivity contribution < 1.29 is 9.53 Å². The summed E-state index contributed by atoms with van der Waals surface area (Å²) in [5, 5.41) is 3.22. The van der Waals surface area contributed by atoms with Crippen molar-refractivity contribution in [1.82, 2.24) is 5.32 Å². The van der Waals surface area contributed by atoms with Crippen LogP contribution in [0.15, 0.2) is 18.2 Å². The highest BCUT2D eigenvalue weighted by Gasteiger charge is 2.22. The first kappa shape index (κ1) is 17.8. The number of benzene rings is 1. The molecular weight excluding hydrogens is 286 g/mol. The third-order valence-corrected chi connectivity index (χ3v) is 4.71. The van der Waals surface area contributed by atoms with Gasteiger partial charge in [-0.1, -0.05) is 56.7 Å². The van der Waals surface area contributed by atoms with Crippen LogP contribution in [-0.2, 0) is 4.79 Å². The van der Waals surface area contributed by atoms with Gasteiger partial charge in [-0.05, 0) is 44.7 Å².